The fourth-order valence-corrected chi connectivity index (χ4v) is 2.58. The molecule has 1 saturated heterocycles. The van der Waals surface area contributed by atoms with Gasteiger partial charge in [-0.15, -0.1) is 0 Å². The number of hydrogen-bond donors (Lipinski definition) is 0. The van der Waals surface area contributed by atoms with Crippen LogP contribution < -0.4 is 0 Å². The van der Waals surface area contributed by atoms with Crippen molar-refractivity contribution < 1.29 is 9.18 Å². The maximum absolute atomic E-state index is 13.6. The van der Waals surface area contributed by atoms with Gasteiger partial charge in [0.2, 0.25) is 0 Å². The molecule has 0 unspecified atom stereocenters. The molecule has 1 aromatic carbocycles. The number of ketones is 1. The van der Waals surface area contributed by atoms with E-state index < -0.39 is 5.82 Å². The largest absolute Gasteiger partial charge is 0.296 e. The molecule has 4 heteroatoms. The molecule has 0 atom stereocenters. The minimum absolute atomic E-state index is 0.136. The van der Waals surface area contributed by atoms with Gasteiger partial charge < -0.3 is 0 Å². The highest BCUT2D eigenvalue weighted by atomic mass is 79.9. The molecule has 1 fully saturated rings. The maximum Gasteiger partial charge on any atom is 0.179 e. The van der Waals surface area contributed by atoms with Gasteiger partial charge in [0.15, 0.2) is 5.78 Å². The number of piperidine rings is 1. The highest BCUT2D eigenvalue weighted by Gasteiger charge is 2.20. The first kappa shape index (κ1) is 13.7. The summed E-state index contributed by atoms with van der Waals surface area (Å²) in [5.74, 6) is 0.163. The molecular weight excluding hydrogens is 297 g/mol. The zero-order chi connectivity index (χ0) is 13.1. The van der Waals surface area contributed by atoms with Crippen LogP contribution in [0.1, 0.15) is 30.1 Å². The van der Waals surface area contributed by atoms with Crippen molar-refractivity contribution in [1.82, 2.24) is 4.90 Å². The Balaban J connectivity index is 2.01. The van der Waals surface area contributed by atoms with Crippen LogP contribution in [-0.2, 0) is 0 Å². The lowest BCUT2D eigenvalue weighted by molar-refractivity contribution is 0.0896. The van der Waals surface area contributed by atoms with Crippen molar-refractivity contribution >= 4 is 21.7 Å². The van der Waals surface area contributed by atoms with E-state index in [1.807, 2.05) is 0 Å². The molecule has 1 aromatic rings. The van der Waals surface area contributed by atoms with E-state index >= 15 is 0 Å². The molecule has 0 N–H and O–H groups in total. The van der Waals surface area contributed by atoms with E-state index in [0.29, 0.717) is 6.54 Å². The van der Waals surface area contributed by atoms with Gasteiger partial charge in [0.1, 0.15) is 5.82 Å². The van der Waals surface area contributed by atoms with Gasteiger partial charge in [-0.3, -0.25) is 9.69 Å². The number of carbonyl (C=O) groups excluding carboxylic acids is 1. The third-order valence-corrected chi connectivity index (χ3v) is 3.97. The molecule has 98 valence electrons. The minimum Gasteiger partial charge on any atom is -0.296 e. The lowest BCUT2D eigenvalue weighted by Gasteiger charge is -2.29. The summed E-state index contributed by atoms with van der Waals surface area (Å²) in [6.45, 7) is 4.41. The highest BCUT2D eigenvalue weighted by molar-refractivity contribution is 9.10. The first-order valence-electron chi connectivity index (χ1n) is 6.27. The number of hydrogen-bond acceptors (Lipinski definition) is 2. The Morgan fingerprint density at radius 2 is 2.11 bits per heavy atom. The van der Waals surface area contributed by atoms with E-state index in [9.17, 15) is 9.18 Å². The van der Waals surface area contributed by atoms with E-state index in [2.05, 4.69) is 27.8 Å². The van der Waals surface area contributed by atoms with Gasteiger partial charge in [0, 0.05) is 4.47 Å². The zero-order valence-corrected chi connectivity index (χ0v) is 12.0. The van der Waals surface area contributed by atoms with Gasteiger partial charge in [0.05, 0.1) is 12.1 Å². The van der Waals surface area contributed by atoms with Crippen LogP contribution >= 0.6 is 15.9 Å². The molecule has 0 amide bonds. The quantitative estimate of drug-likeness (QED) is 0.796. The molecule has 1 aliphatic rings. The topological polar surface area (TPSA) is 20.3 Å². The van der Waals surface area contributed by atoms with Crippen molar-refractivity contribution in [2.24, 2.45) is 5.92 Å². The Morgan fingerprint density at radius 3 is 2.78 bits per heavy atom. The van der Waals surface area contributed by atoms with Crippen LogP contribution in [-0.4, -0.2) is 30.3 Å². The molecule has 2 nitrogen and oxygen atoms in total. The first-order chi connectivity index (χ1) is 8.56. The summed E-state index contributed by atoms with van der Waals surface area (Å²) in [5.41, 5.74) is 0.183. The second-order valence-electron chi connectivity index (χ2n) is 5.01. The van der Waals surface area contributed by atoms with Gasteiger partial charge in [0.25, 0.3) is 0 Å². The molecule has 1 heterocycles. The Bertz CT molecular complexity index is 441. The number of likely N-dealkylation sites (tertiary alicyclic amines) is 1. The van der Waals surface area contributed by atoms with Crippen molar-refractivity contribution in [3.05, 3.63) is 34.1 Å². The van der Waals surface area contributed by atoms with Crippen LogP contribution in [0.25, 0.3) is 0 Å². The fraction of sp³-hybridized carbons (Fsp3) is 0.500. The van der Waals surface area contributed by atoms with Crippen LogP contribution in [0.5, 0.6) is 0 Å². The van der Waals surface area contributed by atoms with Crippen molar-refractivity contribution in [3.8, 4) is 0 Å². The average molecular weight is 314 g/mol. The monoisotopic (exact) mass is 313 g/mol. The Kier molecular flexibility index (Phi) is 4.51. The van der Waals surface area contributed by atoms with Gasteiger partial charge in [-0.25, -0.2) is 4.39 Å². The third-order valence-electron chi connectivity index (χ3n) is 3.47. The number of benzene rings is 1. The number of carbonyl (C=O) groups is 1. The van der Waals surface area contributed by atoms with Crippen LogP contribution in [0, 0.1) is 11.7 Å². The van der Waals surface area contributed by atoms with Gasteiger partial charge in [-0.1, -0.05) is 22.9 Å². The Morgan fingerprint density at radius 1 is 1.44 bits per heavy atom. The molecule has 0 aromatic heterocycles. The van der Waals surface area contributed by atoms with E-state index in [1.54, 1.807) is 12.1 Å². The Labute approximate surface area is 115 Å². The molecule has 2 rings (SSSR count). The summed E-state index contributed by atoms with van der Waals surface area (Å²) in [6, 6.07) is 4.49. The zero-order valence-electron chi connectivity index (χ0n) is 10.5. The fourth-order valence-electron chi connectivity index (χ4n) is 2.22. The van der Waals surface area contributed by atoms with Gasteiger partial charge in [-0.05, 0) is 50.0 Å². The van der Waals surface area contributed by atoms with E-state index in [4.69, 9.17) is 0 Å². The molecule has 0 radical (unpaired) electrons. The van der Waals surface area contributed by atoms with Crippen LogP contribution in [0.3, 0.4) is 0 Å². The van der Waals surface area contributed by atoms with E-state index in [-0.39, 0.29) is 11.3 Å². The molecule has 0 aliphatic carbocycles. The first-order valence-corrected chi connectivity index (χ1v) is 7.06. The SMILES string of the molecule is CC1CCN(CC(=O)c2cc(Br)ccc2F)CC1. The lowest BCUT2D eigenvalue weighted by Crippen LogP contribution is -2.37. The van der Waals surface area contributed by atoms with E-state index in [0.717, 1.165) is 36.3 Å². The molecule has 18 heavy (non-hydrogen) atoms. The predicted octanol–water partition coefficient (Wildman–Crippen LogP) is 3.50. The van der Waals surface area contributed by atoms with Crippen LogP contribution in [0.15, 0.2) is 22.7 Å². The summed E-state index contributed by atoms with van der Waals surface area (Å²) < 4.78 is 14.3. The molecule has 0 bridgehead atoms. The molecule has 0 spiro atoms. The molecular formula is C14H17BrFNO. The van der Waals surface area contributed by atoms with Crippen molar-refractivity contribution in [1.29, 1.82) is 0 Å². The summed E-state index contributed by atoms with van der Waals surface area (Å²) in [7, 11) is 0. The average Bonchev–Trinajstić information content (AvgIpc) is 2.35. The minimum atomic E-state index is -0.437. The smallest absolute Gasteiger partial charge is 0.179 e. The summed E-state index contributed by atoms with van der Waals surface area (Å²) in [5, 5.41) is 0. The second kappa shape index (κ2) is 5.93. The van der Waals surface area contributed by atoms with Gasteiger partial charge in [-0.2, -0.15) is 0 Å². The maximum atomic E-state index is 13.6. The van der Waals surface area contributed by atoms with Crippen molar-refractivity contribution in [2.75, 3.05) is 19.6 Å². The van der Waals surface area contributed by atoms with Gasteiger partial charge >= 0.3 is 0 Å². The second-order valence-corrected chi connectivity index (χ2v) is 5.92. The normalized spacial score (nSPS) is 17.9. The molecule has 1 aliphatic heterocycles. The number of halogens is 2. The summed E-state index contributed by atoms with van der Waals surface area (Å²) >= 11 is 3.27. The molecule has 0 saturated carbocycles. The third kappa shape index (κ3) is 3.39. The number of rotatable bonds is 3. The summed E-state index contributed by atoms with van der Waals surface area (Å²) in [6.07, 6.45) is 2.24. The van der Waals surface area contributed by atoms with E-state index in [1.165, 1.54) is 6.07 Å². The van der Waals surface area contributed by atoms with Crippen LogP contribution in [0.2, 0.25) is 0 Å². The Hall–Kier alpha value is -0.740. The highest BCUT2D eigenvalue weighted by Crippen LogP contribution is 2.19. The predicted molar refractivity (Wildman–Crippen MR) is 73.3 cm³/mol. The van der Waals surface area contributed by atoms with Crippen molar-refractivity contribution in [2.45, 2.75) is 19.8 Å². The number of nitrogens with zero attached hydrogens (tertiary/aromatic N) is 1. The summed E-state index contributed by atoms with van der Waals surface area (Å²) in [4.78, 5) is 14.2. The lowest BCUT2D eigenvalue weighted by atomic mass is 9.98. The standard InChI is InChI=1S/C14H17BrFNO/c1-10-4-6-17(7-5-10)9-14(18)12-8-11(15)2-3-13(12)16/h2-3,8,10H,4-7,9H2,1H3. The van der Waals surface area contributed by atoms with Crippen LogP contribution in [0.4, 0.5) is 4.39 Å². The van der Waals surface area contributed by atoms with Crippen molar-refractivity contribution in [3.63, 3.8) is 0 Å². The number of Topliss-reactive ketones (excluding diaryl/α,β-unsaturated/α-hetero) is 1.